The number of nitrogens with zero attached hydrogens (tertiary/aromatic N) is 2. The molecule has 0 fully saturated rings. The van der Waals surface area contributed by atoms with E-state index >= 15 is 0 Å². The number of rotatable bonds is 5. The number of carbonyl (C=O) groups excluding carboxylic acids is 1. The molecule has 0 saturated heterocycles. The van der Waals surface area contributed by atoms with E-state index in [4.69, 9.17) is 14.4 Å². The SMILES string of the molecule is CC(C)(C)c1nc2cc(NC(=O)COc3ccc(CC#N)cc3)ccc2o1. The number of aromatic nitrogens is 1. The summed E-state index contributed by atoms with van der Waals surface area (Å²) in [6, 6.07) is 14.5. The molecule has 2 aromatic carbocycles. The molecule has 27 heavy (non-hydrogen) atoms. The van der Waals surface area contributed by atoms with E-state index in [1.54, 1.807) is 30.3 Å². The van der Waals surface area contributed by atoms with Gasteiger partial charge in [-0.3, -0.25) is 4.79 Å². The van der Waals surface area contributed by atoms with Crippen molar-refractivity contribution in [2.45, 2.75) is 32.6 Å². The van der Waals surface area contributed by atoms with Crippen LogP contribution < -0.4 is 10.1 Å². The average molecular weight is 363 g/mol. The summed E-state index contributed by atoms with van der Waals surface area (Å²) in [5, 5.41) is 11.5. The highest BCUT2D eigenvalue weighted by molar-refractivity contribution is 5.93. The van der Waals surface area contributed by atoms with Gasteiger partial charge in [0.05, 0.1) is 12.5 Å². The van der Waals surface area contributed by atoms with E-state index < -0.39 is 0 Å². The lowest BCUT2D eigenvalue weighted by atomic mass is 9.97. The molecule has 0 aliphatic rings. The fraction of sp³-hybridized carbons (Fsp3) is 0.286. The molecule has 1 N–H and O–H groups in total. The maximum Gasteiger partial charge on any atom is 0.262 e. The number of hydrogen-bond donors (Lipinski definition) is 1. The molecule has 0 unspecified atom stereocenters. The molecule has 0 saturated carbocycles. The number of benzene rings is 2. The van der Waals surface area contributed by atoms with Crippen LogP contribution in [-0.4, -0.2) is 17.5 Å². The number of amides is 1. The number of oxazole rings is 1. The van der Waals surface area contributed by atoms with E-state index in [9.17, 15) is 4.79 Å². The van der Waals surface area contributed by atoms with E-state index in [0.717, 1.165) is 5.56 Å². The van der Waals surface area contributed by atoms with E-state index in [2.05, 4.69) is 16.4 Å². The lowest BCUT2D eigenvalue weighted by molar-refractivity contribution is -0.118. The van der Waals surface area contributed by atoms with Gasteiger partial charge in [-0.15, -0.1) is 0 Å². The van der Waals surface area contributed by atoms with Gasteiger partial charge in [-0.05, 0) is 35.9 Å². The van der Waals surface area contributed by atoms with Gasteiger partial charge in [-0.1, -0.05) is 32.9 Å². The summed E-state index contributed by atoms with van der Waals surface area (Å²) >= 11 is 0. The van der Waals surface area contributed by atoms with Crippen LogP contribution >= 0.6 is 0 Å². The monoisotopic (exact) mass is 363 g/mol. The molecule has 1 aromatic heterocycles. The largest absolute Gasteiger partial charge is 0.484 e. The summed E-state index contributed by atoms with van der Waals surface area (Å²) in [5.41, 5.74) is 2.75. The zero-order valence-electron chi connectivity index (χ0n) is 15.6. The summed E-state index contributed by atoms with van der Waals surface area (Å²) in [6.07, 6.45) is 0.349. The lowest BCUT2D eigenvalue weighted by Crippen LogP contribution is -2.20. The van der Waals surface area contributed by atoms with Crippen molar-refractivity contribution in [2.24, 2.45) is 0 Å². The van der Waals surface area contributed by atoms with Crippen LogP contribution in [0.3, 0.4) is 0 Å². The maximum absolute atomic E-state index is 12.1. The fourth-order valence-electron chi connectivity index (χ4n) is 2.47. The molecule has 6 heteroatoms. The molecule has 0 aliphatic carbocycles. The molecule has 138 valence electrons. The van der Waals surface area contributed by atoms with Crippen LogP contribution in [0.5, 0.6) is 5.75 Å². The van der Waals surface area contributed by atoms with Gasteiger partial charge < -0.3 is 14.5 Å². The first-order chi connectivity index (χ1) is 12.8. The van der Waals surface area contributed by atoms with Gasteiger partial charge in [0, 0.05) is 11.1 Å². The minimum Gasteiger partial charge on any atom is -0.484 e. The molecule has 1 heterocycles. The van der Waals surface area contributed by atoms with Gasteiger partial charge >= 0.3 is 0 Å². The fourth-order valence-corrected chi connectivity index (χ4v) is 2.47. The highest BCUT2D eigenvalue weighted by Gasteiger charge is 2.21. The Hall–Kier alpha value is -3.33. The van der Waals surface area contributed by atoms with Gasteiger partial charge in [0.25, 0.3) is 5.91 Å². The first kappa shape index (κ1) is 18.5. The van der Waals surface area contributed by atoms with E-state index in [-0.39, 0.29) is 17.9 Å². The predicted molar refractivity (Wildman–Crippen MR) is 103 cm³/mol. The van der Waals surface area contributed by atoms with Crippen LogP contribution in [0.15, 0.2) is 46.9 Å². The Morgan fingerprint density at radius 2 is 1.96 bits per heavy atom. The second kappa shape index (κ2) is 7.50. The molecular weight excluding hydrogens is 342 g/mol. The Labute approximate surface area is 157 Å². The normalized spacial score (nSPS) is 11.2. The van der Waals surface area contributed by atoms with E-state index in [1.807, 2.05) is 32.9 Å². The number of anilines is 1. The smallest absolute Gasteiger partial charge is 0.262 e. The van der Waals surface area contributed by atoms with Crippen molar-refractivity contribution in [3.05, 3.63) is 53.9 Å². The van der Waals surface area contributed by atoms with Crippen molar-refractivity contribution in [3.63, 3.8) is 0 Å². The van der Waals surface area contributed by atoms with Gasteiger partial charge in [0.1, 0.15) is 11.3 Å². The molecular formula is C21H21N3O3. The van der Waals surface area contributed by atoms with Crippen LogP contribution in [0.25, 0.3) is 11.1 Å². The summed E-state index contributed by atoms with van der Waals surface area (Å²) in [4.78, 5) is 16.6. The Morgan fingerprint density at radius 1 is 1.22 bits per heavy atom. The number of carbonyl (C=O) groups is 1. The number of nitriles is 1. The van der Waals surface area contributed by atoms with Gasteiger partial charge in [-0.25, -0.2) is 4.98 Å². The molecule has 0 spiro atoms. The Kier molecular flexibility index (Phi) is 5.13. The number of fused-ring (bicyclic) bond motifs is 1. The zero-order valence-corrected chi connectivity index (χ0v) is 15.6. The van der Waals surface area contributed by atoms with Crippen molar-refractivity contribution in [1.82, 2.24) is 4.98 Å². The summed E-state index contributed by atoms with van der Waals surface area (Å²) in [5.74, 6) is 0.966. The first-order valence-electron chi connectivity index (χ1n) is 8.65. The third-order valence-electron chi connectivity index (χ3n) is 3.89. The maximum atomic E-state index is 12.1. The molecule has 0 atom stereocenters. The number of nitrogens with one attached hydrogen (secondary N) is 1. The van der Waals surface area contributed by atoms with Crippen molar-refractivity contribution in [1.29, 1.82) is 5.26 Å². The minimum absolute atomic E-state index is 0.109. The minimum atomic E-state index is -0.269. The zero-order chi connectivity index (χ0) is 19.4. The Balaban J connectivity index is 1.61. The quantitative estimate of drug-likeness (QED) is 0.733. The van der Waals surface area contributed by atoms with Gasteiger partial charge in [0.2, 0.25) is 5.89 Å². The van der Waals surface area contributed by atoms with Gasteiger partial charge in [-0.2, -0.15) is 5.26 Å². The molecule has 3 aromatic rings. The van der Waals surface area contributed by atoms with E-state index in [0.29, 0.717) is 34.8 Å². The molecule has 0 radical (unpaired) electrons. The number of hydrogen-bond acceptors (Lipinski definition) is 5. The van der Waals surface area contributed by atoms with Crippen LogP contribution in [0.1, 0.15) is 32.2 Å². The molecule has 0 aliphatic heterocycles. The van der Waals surface area contributed by atoms with Crippen LogP contribution in [0.4, 0.5) is 5.69 Å². The van der Waals surface area contributed by atoms with Crippen LogP contribution in [-0.2, 0) is 16.6 Å². The summed E-state index contributed by atoms with van der Waals surface area (Å²) in [7, 11) is 0. The first-order valence-corrected chi connectivity index (χ1v) is 8.65. The highest BCUT2D eigenvalue weighted by Crippen LogP contribution is 2.27. The third kappa shape index (κ3) is 4.64. The molecule has 0 bridgehead atoms. The predicted octanol–water partition coefficient (Wildman–Crippen LogP) is 4.21. The van der Waals surface area contributed by atoms with Crippen molar-refractivity contribution in [2.75, 3.05) is 11.9 Å². The van der Waals surface area contributed by atoms with Crippen molar-refractivity contribution < 1.29 is 13.9 Å². The Bertz CT molecular complexity index is 992. The van der Waals surface area contributed by atoms with Crippen LogP contribution in [0, 0.1) is 11.3 Å². The Morgan fingerprint density at radius 3 is 2.63 bits per heavy atom. The second-order valence-electron chi connectivity index (χ2n) is 7.27. The molecule has 1 amide bonds. The molecule has 6 nitrogen and oxygen atoms in total. The average Bonchev–Trinajstić information content (AvgIpc) is 3.05. The van der Waals surface area contributed by atoms with Crippen LogP contribution in [0.2, 0.25) is 0 Å². The summed E-state index contributed by atoms with van der Waals surface area (Å²) in [6.45, 7) is 5.99. The second-order valence-corrected chi connectivity index (χ2v) is 7.27. The van der Waals surface area contributed by atoms with Crippen molar-refractivity contribution in [3.8, 4) is 11.8 Å². The van der Waals surface area contributed by atoms with E-state index in [1.165, 1.54) is 0 Å². The summed E-state index contributed by atoms with van der Waals surface area (Å²) < 4.78 is 11.2. The van der Waals surface area contributed by atoms with Gasteiger partial charge in [0.15, 0.2) is 12.2 Å². The molecule has 3 rings (SSSR count). The standard InChI is InChI=1S/C21H21N3O3/c1-21(2,3)20-24-17-12-15(6-9-18(17)27-20)23-19(25)13-26-16-7-4-14(5-8-16)10-11-22/h4-9,12H,10,13H2,1-3H3,(H,23,25). The highest BCUT2D eigenvalue weighted by atomic mass is 16.5. The third-order valence-corrected chi connectivity index (χ3v) is 3.89. The topological polar surface area (TPSA) is 88.1 Å². The van der Waals surface area contributed by atoms with Crippen molar-refractivity contribution >= 4 is 22.7 Å². The lowest BCUT2D eigenvalue weighted by Gasteiger charge is -2.11. The number of ether oxygens (including phenoxy) is 1.